The Kier molecular flexibility index (Phi) is 6.79. The highest BCUT2D eigenvalue weighted by atomic mass is 16.5. The van der Waals surface area contributed by atoms with E-state index in [9.17, 15) is 19.5 Å². The van der Waals surface area contributed by atoms with Crippen molar-refractivity contribution in [1.82, 2.24) is 14.9 Å². The van der Waals surface area contributed by atoms with Gasteiger partial charge in [-0.25, -0.2) is 0 Å². The largest absolute Gasteiger partial charge is 0.502 e. The highest BCUT2D eigenvalue weighted by Crippen LogP contribution is 2.26. The number of rotatable bonds is 7. The van der Waals surface area contributed by atoms with E-state index in [1.807, 2.05) is 0 Å². The van der Waals surface area contributed by atoms with Gasteiger partial charge in [-0.05, 0) is 12.3 Å². The molecule has 2 amide bonds. The molecule has 29 heavy (non-hydrogen) atoms. The number of aromatic nitrogens is 1. The minimum absolute atomic E-state index is 0.140. The number of carbonyl (C=O) groups is 2. The van der Waals surface area contributed by atoms with E-state index in [1.165, 1.54) is 55.0 Å². The van der Waals surface area contributed by atoms with Crippen molar-refractivity contribution in [3.63, 3.8) is 0 Å². The number of methoxy groups -OCH3 is 1. The molecule has 1 aliphatic carbocycles. The molecule has 2 N–H and O–H groups in total. The Morgan fingerprint density at radius 1 is 1.28 bits per heavy atom. The van der Waals surface area contributed by atoms with Crippen LogP contribution in [0.15, 0.2) is 11.0 Å². The standard InChI is InChI=1S/C20H30N4O5/c1-22-13-23(10-11-29-2)20(28)16-18(26)17(25)15(12-24(16)22)19(27)21-9-8-14-6-4-3-5-7-14/h12,14,26H,3-11,13H2,1-2H3,(H,21,27). The van der Waals surface area contributed by atoms with E-state index in [2.05, 4.69) is 5.32 Å². The number of aromatic hydroxyl groups is 1. The van der Waals surface area contributed by atoms with E-state index < -0.39 is 23.0 Å². The summed E-state index contributed by atoms with van der Waals surface area (Å²) in [6.45, 7) is 1.41. The zero-order chi connectivity index (χ0) is 21.0. The summed E-state index contributed by atoms with van der Waals surface area (Å²) in [6, 6.07) is 0. The lowest BCUT2D eigenvalue weighted by Gasteiger charge is -2.37. The maximum atomic E-state index is 12.7. The van der Waals surface area contributed by atoms with E-state index in [0.717, 1.165) is 6.42 Å². The molecule has 1 fully saturated rings. The summed E-state index contributed by atoms with van der Waals surface area (Å²) in [7, 11) is 3.25. The van der Waals surface area contributed by atoms with Gasteiger partial charge in [0, 0.05) is 33.4 Å². The predicted octanol–water partition coefficient (Wildman–Crippen LogP) is 0.882. The third kappa shape index (κ3) is 4.55. The highest BCUT2D eigenvalue weighted by molar-refractivity contribution is 5.99. The summed E-state index contributed by atoms with van der Waals surface area (Å²) in [5.74, 6) is -1.09. The number of ether oxygens (including phenoxy) is 1. The topological polar surface area (TPSA) is 104 Å². The van der Waals surface area contributed by atoms with Gasteiger partial charge in [0.1, 0.15) is 12.2 Å². The van der Waals surface area contributed by atoms with Gasteiger partial charge in [0.15, 0.2) is 11.4 Å². The molecular weight excluding hydrogens is 376 g/mol. The molecule has 0 spiro atoms. The van der Waals surface area contributed by atoms with Gasteiger partial charge >= 0.3 is 0 Å². The maximum Gasteiger partial charge on any atom is 0.277 e. The summed E-state index contributed by atoms with van der Waals surface area (Å²) >= 11 is 0. The summed E-state index contributed by atoms with van der Waals surface area (Å²) in [4.78, 5) is 39.3. The van der Waals surface area contributed by atoms with E-state index in [-0.39, 0.29) is 17.9 Å². The normalized spacial score (nSPS) is 17.4. The second kappa shape index (κ2) is 9.30. The van der Waals surface area contributed by atoms with Crippen LogP contribution in [-0.2, 0) is 4.74 Å². The number of carbonyl (C=O) groups excluding carboxylic acids is 2. The molecular formula is C20H30N4O5. The molecule has 9 heteroatoms. The van der Waals surface area contributed by atoms with E-state index in [1.54, 1.807) is 12.1 Å². The Morgan fingerprint density at radius 3 is 2.69 bits per heavy atom. The minimum atomic E-state index is -0.832. The molecule has 0 bridgehead atoms. The van der Waals surface area contributed by atoms with Crippen LogP contribution in [0.1, 0.15) is 59.4 Å². The van der Waals surface area contributed by atoms with Crippen molar-refractivity contribution in [3.05, 3.63) is 27.7 Å². The fraction of sp³-hybridized carbons (Fsp3) is 0.650. The molecule has 1 aromatic heterocycles. The lowest BCUT2D eigenvalue weighted by Crippen LogP contribution is -2.53. The lowest BCUT2D eigenvalue weighted by molar-refractivity contribution is 0.0629. The van der Waals surface area contributed by atoms with Gasteiger partial charge in [-0.3, -0.25) is 24.1 Å². The van der Waals surface area contributed by atoms with Crippen LogP contribution in [0.4, 0.5) is 0 Å². The van der Waals surface area contributed by atoms with Gasteiger partial charge in [-0.1, -0.05) is 32.1 Å². The second-order valence-electron chi connectivity index (χ2n) is 7.82. The molecule has 9 nitrogen and oxygen atoms in total. The smallest absolute Gasteiger partial charge is 0.277 e. The van der Waals surface area contributed by atoms with Crippen LogP contribution in [0.3, 0.4) is 0 Å². The molecule has 0 saturated heterocycles. The van der Waals surface area contributed by atoms with Crippen LogP contribution >= 0.6 is 0 Å². The number of hydrogen-bond donors (Lipinski definition) is 2. The monoisotopic (exact) mass is 406 g/mol. The molecule has 3 rings (SSSR count). The Labute approximate surface area is 170 Å². The first-order valence-electron chi connectivity index (χ1n) is 10.2. The third-order valence-corrected chi connectivity index (χ3v) is 5.77. The first-order chi connectivity index (χ1) is 13.9. The van der Waals surface area contributed by atoms with E-state index >= 15 is 0 Å². The molecule has 1 saturated carbocycles. The molecule has 0 radical (unpaired) electrons. The van der Waals surface area contributed by atoms with Crippen LogP contribution in [0.25, 0.3) is 0 Å². The highest BCUT2D eigenvalue weighted by Gasteiger charge is 2.33. The van der Waals surface area contributed by atoms with Crippen molar-refractivity contribution in [2.75, 3.05) is 45.5 Å². The van der Waals surface area contributed by atoms with Crippen molar-refractivity contribution in [1.29, 1.82) is 0 Å². The first-order valence-corrected chi connectivity index (χ1v) is 10.2. The molecule has 2 heterocycles. The average Bonchev–Trinajstić information content (AvgIpc) is 2.72. The summed E-state index contributed by atoms with van der Waals surface area (Å²) < 4.78 is 6.38. The molecule has 160 valence electrons. The molecule has 0 atom stereocenters. The quantitative estimate of drug-likeness (QED) is 0.697. The van der Waals surface area contributed by atoms with Crippen molar-refractivity contribution in [2.45, 2.75) is 38.5 Å². The summed E-state index contributed by atoms with van der Waals surface area (Å²) in [6.07, 6.45) is 8.34. The Balaban J connectivity index is 1.75. The zero-order valence-corrected chi connectivity index (χ0v) is 17.1. The minimum Gasteiger partial charge on any atom is -0.502 e. The number of amides is 2. The van der Waals surface area contributed by atoms with Crippen molar-refractivity contribution in [2.24, 2.45) is 5.92 Å². The van der Waals surface area contributed by atoms with Crippen LogP contribution < -0.4 is 15.8 Å². The van der Waals surface area contributed by atoms with Gasteiger partial charge < -0.3 is 20.1 Å². The van der Waals surface area contributed by atoms with Gasteiger partial charge in [0.05, 0.1) is 6.61 Å². The number of pyridine rings is 1. The van der Waals surface area contributed by atoms with Crippen LogP contribution in [0.2, 0.25) is 0 Å². The second-order valence-corrected chi connectivity index (χ2v) is 7.82. The number of hydrogen-bond acceptors (Lipinski definition) is 6. The molecule has 0 aromatic carbocycles. The predicted molar refractivity (Wildman–Crippen MR) is 108 cm³/mol. The van der Waals surface area contributed by atoms with E-state index in [0.29, 0.717) is 25.6 Å². The summed E-state index contributed by atoms with van der Waals surface area (Å²) in [5, 5.41) is 14.9. The number of nitrogens with zero attached hydrogens (tertiary/aromatic N) is 3. The SMILES string of the molecule is COCCN1CN(C)n2cc(C(=O)NCCC3CCCCC3)c(=O)c(O)c2C1=O. The van der Waals surface area contributed by atoms with Gasteiger partial charge in [-0.15, -0.1) is 0 Å². The zero-order valence-electron chi connectivity index (χ0n) is 17.1. The maximum absolute atomic E-state index is 12.7. The fourth-order valence-corrected chi connectivity index (χ4v) is 4.08. The fourth-order valence-electron chi connectivity index (χ4n) is 4.08. The number of nitrogens with one attached hydrogen (secondary N) is 1. The van der Waals surface area contributed by atoms with Crippen molar-refractivity contribution in [3.8, 4) is 5.75 Å². The molecule has 2 aliphatic rings. The molecule has 1 aromatic rings. The van der Waals surface area contributed by atoms with Crippen LogP contribution in [-0.4, -0.2) is 67.0 Å². The van der Waals surface area contributed by atoms with Gasteiger partial charge in [0.2, 0.25) is 5.43 Å². The number of fused-ring (bicyclic) bond motifs is 1. The van der Waals surface area contributed by atoms with Gasteiger partial charge in [0.25, 0.3) is 11.8 Å². The summed E-state index contributed by atoms with van der Waals surface area (Å²) in [5.41, 5.74) is -1.14. The Hall–Kier alpha value is -2.55. The van der Waals surface area contributed by atoms with Crippen LogP contribution in [0, 0.1) is 5.92 Å². The third-order valence-electron chi connectivity index (χ3n) is 5.77. The van der Waals surface area contributed by atoms with E-state index in [4.69, 9.17) is 4.74 Å². The van der Waals surface area contributed by atoms with Crippen molar-refractivity contribution < 1.29 is 19.4 Å². The first kappa shape index (κ1) is 21.2. The van der Waals surface area contributed by atoms with Crippen molar-refractivity contribution >= 4 is 11.8 Å². The van der Waals surface area contributed by atoms with Crippen LogP contribution in [0.5, 0.6) is 5.75 Å². The molecule has 1 aliphatic heterocycles. The Bertz CT molecular complexity index is 816. The average molecular weight is 406 g/mol. The lowest BCUT2D eigenvalue weighted by atomic mass is 9.87. The van der Waals surface area contributed by atoms with Gasteiger partial charge in [-0.2, -0.15) is 0 Å². The Morgan fingerprint density at radius 2 is 2.00 bits per heavy atom. The molecule has 0 unspecified atom stereocenters.